The number of benzene rings is 2. The van der Waals surface area contributed by atoms with Gasteiger partial charge in [0.25, 0.3) is 5.91 Å². The fraction of sp³-hybridized carbons (Fsp3) is 0.200. The number of ether oxygens (including phenoxy) is 1. The minimum atomic E-state index is -0.320. The summed E-state index contributed by atoms with van der Waals surface area (Å²) in [5, 5.41) is 9.69. The molecule has 0 spiro atoms. The Labute approximate surface area is 158 Å². The Kier molecular flexibility index (Phi) is 5.23. The molecule has 0 saturated carbocycles. The van der Waals surface area contributed by atoms with Gasteiger partial charge in [0.05, 0.1) is 24.4 Å². The van der Waals surface area contributed by atoms with E-state index >= 15 is 0 Å². The maximum atomic E-state index is 13.1. The van der Waals surface area contributed by atoms with Gasteiger partial charge in [0, 0.05) is 5.70 Å². The molecule has 0 aliphatic carbocycles. The van der Waals surface area contributed by atoms with Gasteiger partial charge in [-0.05, 0) is 43.8 Å². The number of hydrogen-bond donors (Lipinski definition) is 3. The number of thiocarbonyl (C=S) groups is 1. The van der Waals surface area contributed by atoms with Crippen molar-refractivity contribution in [1.29, 1.82) is 0 Å². The van der Waals surface area contributed by atoms with Gasteiger partial charge in [-0.3, -0.25) is 4.79 Å². The summed E-state index contributed by atoms with van der Waals surface area (Å²) in [6.07, 6.45) is 0. The van der Waals surface area contributed by atoms with Crippen LogP contribution < -0.4 is 20.7 Å². The van der Waals surface area contributed by atoms with Crippen LogP contribution in [0.2, 0.25) is 0 Å². The fourth-order valence-electron chi connectivity index (χ4n) is 2.94. The summed E-state index contributed by atoms with van der Waals surface area (Å²) >= 11 is 5.29. The lowest BCUT2D eigenvalue weighted by Gasteiger charge is -2.30. The van der Waals surface area contributed by atoms with Crippen molar-refractivity contribution in [3.63, 3.8) is 0 Å². The van der Waals surface area contributed by atoms with Crippen molar-refractivity contribution in [2.75, 3.05) is 12.4 Å². The van der Waals surface area contributed by atoms with Crippen LogP contribution in [0.1, 0.15) is 24.1 Å². The van der Waals surface area contributed by atoms with E-state index in [-0.39, 0.29) is 11.9 Å². The van der Waals surface area contributed by atoms with Crippen LogP contribution >= 0.6 is 12.2 Å². The summed E-state index contributed by atoms with van der Waals surface area (Å²) in [7, 11) is 1.58. The maximum absolute atomic E-state index is 13.1. The molecular formula is C20H21N3O2S. The second-order valence-electron chi connectivity index (χ2n) is 6.14. The number of allylic oxidation sites excluding steroid dienone is 1. The normalized spacial score (nSPS) is 16.6. The number of anilines is 1. The number of aryl methyl sites for hydroxylation is 1. The highest BCUT2D eigenvalue weighted by molar-refractivity contribution is 7.80. The second kappa shape index (κ2) is 7.58. The van der Waals surface area contributed by atoms with Crippen molar-refractivity contribution in [2.24, 2.45) is 0 Å². The van der Waals surface area contributed by atoms with Gasteiger partial charge in [0.2, 0.25) is 0 Å². The van der Waals surface area contributed by atoms with Gasteiger partial charge in [0.1, 0.15) is 5.75 Å². The summed E-state index contributed by atoms with van der Waals surface area (Å²) in [4.78, 5) is 13.1. The molecule has 6 heteroatoms. The molecule has 0 aromatic heterocycles. The molecule has 3 rings (SSSR count). The average molecular weight is 367 g/mol. The van der Waals surface area contributed by atoms with Crippen LogP contribution in [0, 0.1) is 6.92 Å². The standard InChI is InChI=1S/C20H21N3O2S/c1-12-8-10-14(11-9-12)18-17(13(2)21-20(26)23-18)19(24)22-15-6-4-5-7-16(15)25-3/h4-11,18H,1-3H3,(H,22,24)(H2,21,23,26)/t18-/m0/s1. The van der Waals surface area contributed by atoms with Crippen molar-refractivity contribution in [3.05, 3.63) is 70.9 Å². The van der Waals surface area contributed by atoms with Crippen molar-refractivity contribution in [2.45, 2.75) is 19.9 Å². The van der Waals surface area contributed by atoms with Gasteiger partial charge in [-0.1, -0.05) is 42.0 Å². The van der Waals surface area contributed by atoms with Crippen LogP contribution in [0.25, 0.3) is 0 Å². The Hall–Kier alpha value is -2.86. The van der Waals surface area contributed by atoms with Crippen molar-refractivity contribution in [1.82, 2.24) is 10.6 Å². The first kappa shape index (κ1) is 17.9. The van der Waals surface area contributed by atoms with E-state index in [1.165, 1.54) is 0 Å². The minimum Gasteiger partial charge on any atom is -0.495 e. The smallest absolute Gasteiger partial charge is 0.255 e. The summed E-state index contributed by atoms with van der Waals surface area (Å²) in [5.74, 6) is 0.401. The van der Waals surface area contributed by atoms with Crippen LogP contribution in [0.5, 0.6) is 5.75 Å². The molecule has 2 aromatic carbocycles. The summed E-state index contributed by atoms with van der Waals surface area (Å²) < 4.78 is 5.32. The number of hydrogen-bond acceptors (Lipinski definition) is 3. The molecule has 26 heavy (non-hydrogen) atoms. The Balaban J connectivity index is 1.95. The Morgan fingerprint density at radius 3 is 2.50 bits per heavy atom. The van der Waals surface area contributed by atoms with Gasteiger partial charge in [-0.2, -0.15) is 0 Å². The van der Waals surface area contributed by atoms with E-state index in [0.717, 1.165) is 16.8 Å². The van der Waals surface area contributed by atoms with Gasteiger partial charge >= 0.3 is 0 Å². The lowest BCUT2D eigenvalue weighted by molar-refractivity contribution is -0.113. The van der Waals surface area contributed by atoms with Crippen LogP contribution in [-0.2, 0) is 4.79 Å². The summed E-state index contributed by atoms with van der Waals surface area (Å²) in [6.45, 7) is 3.88. The largest absolute Gasteiger partial charge is 0.495 e. The van der Waals surface area contributed by atoms with Crippen LogP contribution in [0.15, 0.2) is 59.8 Å². The Bertz CT molecular complexity index is 875. The van der Waals surface area contributed by atoms with Gasteiger partial charge in [-0.15, -0.1) is 0 Å². The Morgan fingerprint density at radius 2 is 1.81 bits per heavy atom. The highest BCUT2D eigenvalue weighted by Gasteiger charge is 2.30. The molecule has 3 N–H and O–H groups in total. The number of para-hydroxylation sites is 2. The predicted molar refractivity (Wildman–Crippen MR) is 107 cm³/mol. The molecule has 1 aliphatic heterocycles. The molecule has 0 saturated heterocycles. The highest BCUT2D eigenvalue weighted by atomic mass is 32.1. The molecule has 0 fully saturated rings. The SMILES string of the molecule is COc1ccccc1NC(=O)C1=C(C)NC(=S)N[C@H]1c1ccc(C)cc1. The fourth-order valence-corrected chi connectivity index (χ4v) is 3.21. The first-order valence-electron chi connectivity index (χ1n) is 8.29. The number of methoxy groups -OCH3 is 1. The molecule has 1 amide bonds. The molecule has 1 aliphatic rings. The molecule has 134 valence electrons. The predicted octanol–water partition coefficient (Wildman–Crippen LogP) is 3.44. The summed E-state index contributed by atoms with van der Waals surface area (Å²) in [5.41, 5.74) is 4.08. The molecule has 2 aromatic rings. The van der Waals surface area contributed by atoms with Gasteiger partial charge < -0.3 is 20.7 Å². The quantitative estimate of drug-likeness (QED) is 0.723. The summed E-state index contributed by atoms with van der Waals surface area (Å²) in [6, 6.07) is 15.1. The lowest BCUT2D eigenvalue weighted by atomic mass is 9.94. The second-order valence-corrected chi connectivity index (χ2v) is 6.54. The monoisotopic (exact) mass is 367 g/mol. The molecular weight excluding hydrogens is 346 g/mol. The van der Waals surface area contributed by atoms with Crippen LogP contribution in [0.4, 0.5) is 5.69 Å². The van der Waals surface area contributed by atoms with Gasteiger partial charge in [0.15, 0.2) is 5.11 Å². The number of rotatable bonds is 4. The van der Waals surface area contributed by atoms with Gasteiger partial charge in [-0.25, -0.2) is 0 Å². The van der Waals surface area contributed by atoms with Crippen molar-refractivity contribution < 1.29 is 9.53 Å². The molecule has 0 unspecified atom stereocenters. The van der Waals surface area contributed by atoms with E-state index in [9.17, 15) is 4.79 Å². The first-order valence-corrected chi connectivity index (χ1v) is 8.69. The third-order valence-corrected chi connectivity index (χ3v) is 4.50. The molecule has 5 nitrogen and oxygen atoms in total. The molecule has 0 bridgehead atoms. The topological polar surface area (TPSA) is 62.4 Å². The highest BCUT2D eigenvalue weighted by Crippen LogP contribution is 2.30. The van der Waals surface area contributed by atoms with E-state index < -0.39 is 0 Å². The molecule has 0 radical (unpaired) electrons. The third kappa shape index (κ3) is 3.70. The lowest BCUT2D eigenvalue weighted by Crippen LogP contribution is -2.45. The van der Waals surface area contributed by atoms with E-state index in [1.54, 1.807) is 13.2 Å². The molecule has 1 heterocycles. The zero-order chi connectivity index (χ0) is 18.7. The first-order chi connectivity index (χ1) is 12.5. The minimum absolute atomic E-state index is 0.208. The number of carbonyl (C=O) groups is 1. The van der Waals surface area contributed by atoms with Crippen LogP contribution in [0.3, 0.4) is 0 Å². The average Bonchev–Trinajstić information content (AvgIpc) is 2.62. The number of nitrogens with one attached hydrogen (secondary N) is 3. The maximum Gasteiger partial charge on any atom is 0.255 e. The Morgan fingerprint density at radius 1 is 1.12 bits per heavy atom. The molecule has 1 atom stereocenters. The van der Waals surface area contributed by atoms with E-state index in [0.29, 0.717) is 22.1 Å². The number of carbonyl (C=O) groups excluding carboxylic acids is 1. The third-order valence-electron chi connectivity index (χ3n) is 4.28. The zero-order valence-corrected chi connectivity index (χ0v) is 15.7. The van der Waals surface area contributed by atoms with Crippen molar-refractivity contribution in [3.8, 4) is 5.75 Å². The van der Waals surface area contributed by atoms with E-state index in [1.807, 2.05) is 56.3 Å². The van der Waals surface area contributed by atoms with Crippen LogP contribution in [-0.4, -0.2) is 18.1 Å². The van der Waals surface area contributed by atoms with Crippen molar-refractivity contribution >= 4 is 28.9 Å². The van der Waals surface area contributed by atoms with E-state index in [4.69, 9.17) is 17.0 Å². The van der Waals surface area contributed by atoms with E-state index in [2.05, 4.69) is 16.0 Å². The zero-order valence-electron chi connectivity index (χ0n) is 14.9. The number of amides is 1.